The summed E-state index contributed by atoms with van der Waals surface area (Å²) >= 11 is 0. The monoisotopic (exact) mass is 365 g/mol. The number of unbranched alkanes of at least 4 members (excludes halogenated alkanes) is 14. The topological polar surface area (TPSA) is 20.3 Å². The zero-order valence-corrected chi connectivity index (χ0v) is 18.1. The Labute approximate surface area is 164 Å². The highest BCUT2D eigenvalue weighted by atomic mass is 16.2. The van der Waals surface area contributed by atoms with Gasteiger partial charge in [0.2, 0.25) is 5.91 Å². The first kappa shape index (κ1) is 23.5. The smallest absolute Gasteiger partial charge is 0.225 e. The van der Waals surface area contributed by atoms with Crippen LogP contribution < -0.4 is 0 Å². The Bertz CT molecular complexity index is 298. The Morgan fingerprint density at radius 2 is 1.15 bits per heavy atom. The highest BCUT2D eigenvalue weighted by Crippen LogP contribution is 2.24. The lowest BCUT2D eigenvalue weighted by Crippen LogP contribution is -2.28. The Hall–Kier alpha value is -0.530. The summed E-state index contributed by atoms with van der Waals surface area (Å²) in [5, 5.41) is 0. The van der Waals surface area contributed by atoms with Crippen LogP contribution in [0.15, 0.2) is 0 Å². The molecule has 0 saturated carbocycles. The van der Waals surface area contributed by atoms with Crippen molar-refractivity contribution in [1.82, 2.24) is 4.90 Å². The summed E-state index contributed by atoms with van der Waals surface area (Å²) in [4.78, 5) is 14.7. The second kappa shape index (κ2) is 16.6. The first-order valence-electron chi connectivity index (χ1n) is 12.1. The predicted octanol–water partition coefficient (Wildman–Crippen LogP) is 7.51. The molecule has 1 aliphatic rings. The molecule has 1 amide bonds. The summed E-state index contributed by atoms with van der Waals surface area (Å²) in [6.45, 7) is 6.59. The summed E-state index contributed by atoms with van der Waals surface area (Å²) in [5.74, 6) is 0.819. The van der Waals surface area contributed by atoms with Crippen LogP contribution in [0.1, 0.15) is 129 Å². The first-order valence-corrected chi connectivity index (χ1v) is 12.1. The lowest BCUT2D eigenvalue weighted by molar-refractivity contribution is -0.131. The first-order chi connectivity index (χ1) is 12.8. The van der Waals surface area contributed by atoms with E-state index in [2.05, 4.69) is 18.7 Å². The van der Waals surface area contributed by atoms with E-state index in [0.717, 1.165) is 25.9 Å². The molecule has 1 unspecified atom stereocenters. The van der Waals surface area contributed by atoms with E-state index in [-0.39, 0.29) is 0 Å². The minimum atomic E-state index is 0.351. The largest absolute Gasteiger partial charge is 0.342 e. The Kier molecular flexibility index (Phi) is 15.0. The van der Waals surface area contributed by atoms with Gasteiger partial charge in [-0.1, -0.05) is 110 Å². The molecule has 1 saturated heterocycles. The number of likely N-dealkylation sites (tertiary alicyclic amines) is 1. The van der Waals surface area contributed by atoms with Gasteiger partial charge in [-0.3, -0.25) is 4.79 Å². The molecule has 2 heteroatoms. The maximum absolute atomic E-state index is 12.5. The fourth-order valence-electron chi connectivity index (χ4n) is 4.25. The quantitative estimate of drug-likeness (QED) is 0.230. The number of nitrogens with zero attached hydrogens (tertiary/aromatic N) is 1. The fraction of sp³-hybridized carbons (Fsp3) is 0.958. The van der Waals surface area contributed by atoms with Crippen molar-refractivity contribution in [2.75, 3.05) is 13.1 Å². The number of hydrogen-bond acceptors (Lipinski definition) is 1. The van der Waals surface area contributed by atoms with E-state index in [1.54, 1.807) is 0 Å². The molecule has 0 aliphatic carbocycles. The third-order valence-electron chi connectivity index (χ3n) is 6.10. The van der Waals surface area contributed by atoms with Crippen molar-refractivity contribution in [3.05, 3.63) is 0 Å². The van der Waals surface area contributed by atoms with Gasteiger partial charge in [0.1, 0.15) is 0 Å². The second-order valence-electron chi connectivity index (χ2n) is 8.55. The molecule has 1 rings (SSSR count). The molecule has 0 aromatic rings. The van der Waals surface area contributed by atoms with Crippen molar-refractivity contribution in [2.45, 2.75) is 129 Å². The predicted molar refractivity (Wildman–Crippen MR) is 115 cm³/mol. The van der Waals surface area contributed by atoms with Crippen molar-refractivity contribution in [3.8, 4) is 0 Å². The molecule has 0 radical (unpaired) electrons. The summed E-state index contributed by atoms with van der Waals surface area (Å²) in [6.07, 6.45) is 23.9. The van der Waals surface area contributed by atoms with Crippen molar-refractivity contribution >= 4 is 5.91 Å². The third kappa shape index (κ3) is 11.2. The zero-order valence-electron chi connectivity index (χ0n) is 18.1. The Morgan fingerprint density at radius 1 is 0.692 bits per heavy atom. The normalized spacial score (nSPS) is 17.4. The van der Waals surface area contributed by atoms with E-state index < -0.39 is 0 Å². The average molecular weight is 366 g/mol. The van der Waals surface area contributed by atoms with Crippen LogP contribution in [-0.4, -0.2) is 23.9 Å². The van der Waals surface area contributed by atoms with Crippen molar-refractivity contribution in [2.24, 2.45) is 5.92 Å². The molecule has 0 spiro atoms. The highest BCUT2D eigenvalue weighted by molar-refractivity contribution is 5.80. The lowest BCUT2D eigenvalue weighted by atomic mass is 9.99. The van der Waals surface area contributed by atoms with Crippen molar-refractivity contribution in [1.29, 1.82) is 0 Å². The van der Waals surface area contributed by atoms with Crippen molar-refractivity contribution in [3.63, 3.8) is 0 Å². The van der Waals surface area contributed by atoms with Gasteiger partial charge in [-0.05, 0) is 19.3 Å². The summed E-state index contributed by atoms with van der Waals surface area (Å²) in [6, 6.07) is 0. The average Bonchev–Trinajstić information content (AvgIpc) is 2.99. The highest BCUT2D eigenvalue weighted by Gasteiger charge is 2.30. The second-order valence-corrected chi connectivity index (χ2v) is 8.55. The van der Waals surface area contributed by atoms with Gasteiger partial charge in [0, 0.05) is 19.0 Å². The zero-order chi connectivity index (χ0) is 18.9. The lowest BCUT2D eigenvalue weighted by Gasteiger charge is -2.16. The van der Waals surface area contributed by atoms with Gasteiger partial charge in [-0.2, -0.15) is 0 Å². The molecular formula is C24H47NO. The van der Waals surface area contributed by atoms with E-state index in [1.807, 2.05) is 0 Å². The maximum Gasteiger partial charge on any atom is 0.225 e. The number of amides is 1. The van der Waals surface area contributed by atoms with Gasteiger partial charge >= 0.3 is 0 Å². The molecule has 1 aliphatic heterocycles. The van der Waals surface area contributed by atoms with Crippen LogP contribution in [-0.2, 0) is 4.79 Å². The van der Waals surface area contributed by atoms with Crippen molar-refractivity contribution < 1.29 is 4.79 Å². The SMILES string of the molecule is CCCCCCCCCCC1CCN(CCCCCCCCCC)C1=O. The summed E-state index contributed by atoms with van der Waals surface area (Å²) in [5.41, 5.74) is 0. The number of hydrogen-bond donors (Lipinski definition) is 0. The molecule has 0 aromatic carbocycles. The van der Waals surface area contributed by atoms with Gasteiger partial charge in [-0.25, -0.2) is 0 Å². The fourth-order valence-corrected chi connectivity index (χ4v) is 4.25. The van der Waals surface area contributed by atoms with Crippen LogP contribution in [0.25, 0.3) is 0 Å². The standard InChI is InChI=1S/C24H47NO/c1-3-5-7-9-11-13-15-17-19-23-20-22-25(24(23)26)21-18-16-14-12-10-8-6-4-2/h23H,3-22H2,1-2H3. The maximum atomic E-state index is 12.5. The molecule has 2 nitrogen and oxygen atoms in total. The molecule has 1 heterocycles. The van der Waals surface area contributed by atoms with Crippen LogP contribution in [0.2, 0.25) is 0 Å². The van der Waals surface area contributed by atoms with E-state index in [1.165, 1.54) is 103 Å². The van der Waals surface area contributed by atoms with E-state index in [4.69, 9.17) is 0 Å². The van der Waals surface area contributed by atoms with E-state index in [9.17, 15) is 4.79 Å². The number of carbonyl (C=O) groups is 1. The molecule has 0 aromatic heterocycles. The molecule has 1 fully saturated rings. The van der Waals surface area contributed by atoms with Gasteiger partial charge in [0.05, 0.1) is 0 Å². The Balaban J connectivity index is 1.94. The summed E-state index contributed by atoms with van der Waals surface area (Å²) < 4.78 is 0. The van der Waals surface area contributed by atoms with Gasteiger partial charge in [0.15, 0.2) is 0 Å². The van der Waals surface area contributed by atoms with Crippen LogP contribution in [0, 0.1) is 5.92 Å². The minimum absolute atomic E-state index is 0.351. The third-order valence-corrected chi connectivity index (χ3v) is 6.10. The van der Waals surface area contributed by atoms with Gasteiger partial charge in [0.25, 0.3) is 0 Å². The molecular weight excluding hydrogens is 318 g/mol. The summed E-state index contributed by atoms with van der Waals surface area (Å²) in [7, 11) is 0. The molecule has 0 N–H and O–H groups in total. The van der Waals surface area contributed by atoms with E-state index >= 15 is 0 Å². The number of rotatable bonds is 18. The molecule has 0 bridgehead atoms. The molecule has 154 valence electrons. The van der Waals surface area contributed by atoms with Crippen LogP contribution in [0.4, 0.5) is 0 Å². The van der Waals surface area contributed by atoms with Crippen LogP contribution in [0.5, 0.6) is 0 Å². The molecule has 26 heavy (non-hydrogen) atoms. The minimum Gasteiger partial charge on any atom is -0.342 e. The van der Waals surface area contributed by atoms with Crippen LogP contribution >= 0.6 is 0 Å². The van der Waals surface area contributed by atoms with Gasteiger partial charge < -0.3 is 4.90 Å². The Morgan fingerprint density at radius 3 is 1.69 bits per heavy atom. The van der Waals surface area contributed by atoms with E-state index in [0.29, 0.717) is 11.8 Å². The van der Waals surface area contributed by atoms with Gasteiger partial charge in [-0.15, -0.1) is 0 Å². The van der Waals surface area contributed by atoms with Crippen LogP contribution in [0.3, 0.4) is 0 Å². The number of carbonyl (C=O) groups excluding carboxylic acids is 1. The molecule has 1 atom stereocenters.